The second-order valence-corrected chi connectivity index (χ2v) is 3.51. The Labute approximate surface area is 91.6 Å². The first-order chi connectivity index (χ1) is 7.26. The summed E-state index contributed by atoms with van der Waals surface area (Å²) in [4.78, 5) is 0. The second kappa shape index (κ2) is 5.73. The van der Waals surface area contributed by atoms with E-state index in [0.29, 0.717) is 6.54 Å². The van der Waals surface area contributed by atoms with Crippen LogP contribution in [-0.2, 0) is 6.42 Å². The summed E-state index contributed by atoms with van der Waals surface area (Å²) in [6.07, 6.45) is 1.03. The highest BCUT2D eigenvalue weighted by atomic mass is 16.5. The van der Waals surface area contributed by atoms with Gasteiger partial charge in [0.15, 0.2) is 0 Å². The third-order valence-electron chi connectivity index (χ3n) is 2.66. The lowest BCUT2D eigenvalue weighted by molar-refractivity contribution is 0.402. The first-order valence-electron chi connectivity index (χ1n) is 5.30. The Hall–Kier alpha value is -1.06. The molecule has 0 aliphatic carbocycles. The molecule has 0 radical (unpaired) electrons. The fraction of sp³-hybridized carbons (Fsp3) is 0.500. The number of nitrogens with two attached hydrogens (primary N) is 1. The average molecular weight is 208 g/mol. The van der Waals surface area contributed by atoms with E-state index in [1.807, 2.05) is 13.1 Å². The third kappa shape index (κ3) is 2.70. The van der Waals surface area contributed by atoms with E-state index in [1.54, 1.807) is 7.11 Å². The zero-order chi connectivity index (χ0) is 11.3. The first kappa shape index (κ1) is 12.0. The van der Waals surface area contributed by atoms with Crippen molar-refractivity contribution in [2.75, 3.05) is 20.7 Å². The van der Waals surface area contributed by atoms with Gasteiger partial charge in [-0.25, -0.2) is 0 Å². The minimum Gasteiger partial charge on any atom is -0.496 e. The van der Waals surface area contributed by atoms with Crippen LogP contribution in [0.25, 0.3) is 0 Å². The predicted octanol–water partition coefficient (Wildman–Crippen LogP) is 1.48. The Morgan fingerprint density at radius 2 is 2.20 bits per heavy atom. The molecule has 0 heterocycles. The zero-order valence-electron chi connectivity index (χ0n) is 9.71. The van der Waals surface area contributed by atoms with E-state index in [4.69, 9.17) is 10.5 Å². The smallest absolute Gasteiger partial charge is 0.123 e. The van der Waals surface area contributed by atoms with Crippen molar-refractivity contribution in [2.24, 2.45) is 5.73 Å². The summed E-state index contributed by atoms with van der Waals surface area (Å²) >= 11 is 0. The van der Waals surface area contributed by atoms with Crippen molar-refractivity contribution >= 4 is 0 Å². The molecule has 0 aromatic heterocycles. The molecule has 0 saturated carbocycles. The van der Waals surface area contributed by atoms with Gasteiger partial charge in [-0.1, -0.05) is 19.1 Å². The lowest BCUT2D eigenvalue weighted by Crippen LogP contribution is -2.25. The molecule has 3 nitrogen and oxygen atoms in total. The molecule has 0 amide bonds. The highest BCUT2D eigenvalue weighted by Gasteiger charge is 2.12. The van der Waals surface area contributed by atoms with Crippen LogP contribution in [0.1, 0.15) is 24.1 Å². The maximum absolute atomic E-state index is 5.71. The summed E-state index contributed by atoms with van der Waals surface area (Å²) < 4.78 is 5.33. The minimum atomic E-state index is 0.159. The Bertz CT molecular complexity index is 308. The number of benzene rings is 1. The van der Waals surface area contributed by atoms with Gasteiger partial charge in [0.1, 0.15) is 5.75 Å². The number of ether oxygens (including phenoxy) is 1. The van der Waals surface area contributed by atoms with Gasteiger partial charge >= 0.3 is 0 Å². The summed E-state index contributed by atoms with van der Waals surface area (Å²) in [5, 5.41) is 3.19. The van der Waals surface area contributed by atoms with Gasteiger partial charge in [0.2, 0.25) is 0 Å². The molecule has 84 valence electrons. The van der Waals surface area contributed by atoms with Crippen LogP contribution in [-0.4, -0.2) is 20.7 Å². The first-order valence-corrected chi connectivity index (χ1v) is 5.30. The van der Waals surface area contributed by atoms with Gasteiger partial charge in [-0.3, -0.25) is 0 Å². The van der Waals surface area contributed by atoms with Crippen molar-refractivity contribution < 1.29 is 4.74 Å². The molecule has 1 rings (SSSR count). The molecule has 0 bridgehead atoms. The van der Waals surface area contributed by atoms with Crippen molar-refractivity contribution in [1.82, 2.24) is 5.32 Å². The van der Waals surface area contributed by atoms with Gasteiger partial charge in [-0.2, -0.15) is 0 Å². The number of likely N-dealkylation sites (N-methyl/N-ethyl adjacent to an activating group) is 1. The quantitative estimate of drug-likeness (QED) is 0.770. The Kier molecular flexibility index (Phi) is 4.59. The fourth-order valence-electron chi connectivity index (χ4n) is 1.68. The number of nitrogens with one attached hydrogen (secondary N) is 1. The van der Waals surface area contributed by atoms with E-state index in [9.17, 15) is 0 Å². The standard InChI is InChI=1S/C12H20N2O/c1-4-9-5-6-12(15-3)10(7-9)11(8-13)14-2/h5-7,11,14H,4,8,13H2,1-3H3. The topological polar surface area (TPSA) is 47.3 Å². The number of rotatable bonds is 5. The molecular weight excluding hydrogens is 188 g/mol. The van der Waals surface area contributed by atoms with E-state index >= 15 is 0 Å². The Morgan fingerprint density at radius 3 is 2.67 bits per heavy atom. The summed E-state index contributed by atoms with van der Waals surface area (Å²) in [5.41, 5.74) is 8.16. The molecule has 15 heavy (non-hydrogen) atoms. The lowest BCUT2D eigenvalue weighted by atomic mass is 10.0. The van der Waals surface area contributed by atoms with Gasteiger partial charge in [0.05, 0.1) is 7.11 Å². The molecule has 1 atom stereocenters. The van der Waals surface area contributed by atoms with Crippen molar-refractivity contribution in [1.29, 1.82) is 0 Å². The molecule has 1 aromatic rings. The Morgan fingerprint density at radius 1 is 1.47 bits per heavy atom. The van der Waals surface area contributed by atoms with Crippen LogP contribution in [0.3, 0.4) is 0 Å². The molecule has 0 aliphatic rings. The summed E-state index contributed by atoms with van der Waals surface area (Å²) in [7, 11) is 3.60. The van der Waals surface area contributed by atoms with Crippen LogP contribution >= 0.6 is 0 Å². The average Bonchev–Trinajstić information content (AvgIpc) is 2.30. The van der Waals surface area contributed by atoms with Crippen LogP contribution in [0, 0.1) is 0 Å². The van der Waals surface area contributed by atoms with Crippen molar-refractivity contribution in [3.05, 3.63) is 29.3 Å². The van der Waals surface area contributed by atoms with Crippen LogP contribution in [0.15, 0.2) is 18.2 Å². The maximum atomic E-state index is 5.71. The van der Waals surface area contributed by atoms with E-state index in [-0.39, 0.29) is 6.04 Å². The SMILES string of the molecule is CCc1ccc(OC)c(C(CN)NC)c1. The zero-order valence-corrected chi connectivity index (χ0v) is 9.71. The van der Waals surface area contributed by atoms with Crippen LogP contribution in [0.5, 0.6) is 5.75 Å². The summed E-state index contributed by atoms with van der Waals surface area (Å²) in [6.45, 7) is 2.71. The normalized spacial score (nSPS) is 12.5. The van der Waals surface area contributed by atoms with E-state index in [1.165, 1.54) is 5.56 Å². The molecule has 1 unspecified atom stereocenters. The van der Waals surface area contributed by atoms with Crippen LogP contribution < -0.4 is 15.8 Å². The molecule has 3 heteroatoms. The van der Waals surface area contributed by atoms with Gasteiger partial charge in [0, 0.05) is 18.2 Å². The van der Waals surface area contributed by atoms with Crippen molar-refractivity contribution in [2.45, 2.75) is 19.4 Å². The van der Waals surface area contributed by atoms with Crippen molar-refractivity contribution in [3.63, 3.8) is 0 Å². The molecule has 0 spiro atoms. The van der Waals surface area contributed by atoms with Crippen LogP contribution in [0.2, 0.25) is 0 Å². The van der Waals surface area contributed by atoms with Gasteiger partial charge in [-0.05, 0) is 25.1 Å². The monoisotopic (exact) mass is 208 g/mol. The van der Waals surface area contributed by atoms with Gasteiger partial charge in [-0.15, -0.1) is 0 Å². The minimum absolute atomic E-state index is 0.159. The third-order valence-corrected chi connectivity index (χ3v) is 2.66. The molecular formula is C12H20N2O. The summed E-state index contributed by atoms with van der Waals surface area (Å²) in [6, 6.07) is 6.42. The number of aryl methyl sites for hydroxylation is 1. The summed E-state index contributed by atoms with van der Waals surface area (Å²) in [5.74, 6) is 0.900. The van der Waals surface area contributed by atoms with E-state index in [2.05, 4.69) is 24.4 Å². The van der Waals surface area contributed by atoms with E-state index in [0.717, 1.165) is 17.7 Å². The maximum Gasteiger partial charge on any atom is 0.123 e. The molecule has 1 aromatic carbocycles. The van der Waals surface area contributed by atoms with E-state index < -0.39 is 0 Å². The fourth-order valence-corrected chi connectivity index (χ4v) is 1.68. The molecule has 0 saturated heterocycles. The highest BCUT2D eigenvalue weighted by Crippen LogP contribution is 2.25. The number of methoxy groups -OCH3 is 1. The second-order valence-electron chi connectivity index (χ2n) is 3.51. The highest BCUT2D eigenvalue weighted by molar-refractivity contribution is 5.39. The number of hydrogen-bond acceptors (Lipinski definition) is 3. The van der Waals surface area contributed by atoms with Gasteiger partial charge < -0.3 is 15.8 Å². The Balaban J connectivity index is 3.09. The lowest BCUT2D eigenvalue weighted by Gasteiger charge is -2.18. The predicted molar refractivity (Wildman–Crippen MR) is 63.2 cm³/mol. The van der Waals surface area contributed by atoms with Gasteiger partial charge in [0.25, 0.3) is 0 Å². The largest absolute Gasteiger partial charge is 0.496 e. The van der Waals surface area contributed by atoms with Crippen LogP contribution in [0.4, 0.5) is 0 Å². The molecule has 0 fully saturated rings. The molecule has 0 aliphatic heterocycles. The van der Waals surface area contributed by atoms with Crippen molar-refractivity contribution in [3.8, 4) is 5.75 Å². The molecule has 3 N–H and O–H groups in total. The number of hydrogen-bond donors (Lipinski definition) is 2.